The Balaban J connectivity index is 1.68. The highest BCUT2D eigenvalue weighted by atomic mass is 15.3. The summed E-state index contributed by atoms with van der Waals surface area (Å²) in [5.41, 5.74) is 7.65. The summed E-state index contributed by atoms with van der Waals surface area (Å²) in [6.07, 6.45) is 3.59. The molecule has 0 unspecified atom stereocenters. The quantitative estimate of drug-likeness (QED) is 0.899. The van der Waals surface area contributed by atoms with E-state index >= 15 is 0 Å². The van der Waals surface area contributed by atoms with Crippen LogP contribution in [0.5, 0.6) is 0 Å². The first-order valence-corrected chi connectivity index (χ1v) is 6.87. The molecule has 0 saturated carbocycles. The van der Waals surface area contributed by atoms with Crippen molar-refractivity contribution in [3.63, 3.8) is 0 Å². The molecule has 5 heteroatoms. The van der Waals surface area contributed by atoms with Crippen molar-refractivity contribution in [2.24, 2.45) is 0 Å². The van der Waals surface area contributed by atoms with E-state index in [4.69, 9.17) is 5.73 Å². The zero-order chi connectivity index (χ0) is 13.9. The smallest absolute Gasteiger partial charge is 0.129 e. The summed E-state index contributed by atoms with van der Waals surface area (Å²) in [6, 6.07) is 8.09. The number of nitrogens with zero attached hydrogens (tertiary/aromatic N) is 4. The first kappa shape index (κ1) is 12.7. The number of aryl methyl sites for hydroxylation is 1. The Bertz CT molecular complexity index is 576. The number of nitrogens with two attached hydrogens (primary N) is 1. The Labute approximate surface area is 119 Å². The summed E-state index contributed by atoms with van der Waals surface area (Å²) in [7, 11) is 0. The second-order valence-electron chi connectivity index (χ2n) is 5.06. The fourth-order valence-corrected chi connectivity index (χ4v) is 2.43. The molecule has 3 heterocycles. The van der Waals surface area contributed by atoms with Crippen molar-refractivity contribution in [2.45, 2.75) is 6.92 Å². The van der Waals surface area contributed by atoms with Crippen molar-refractivity contribution in [1.29, 1.82) is 0 Å². The second kappa shape index (κ2) is 5.36. The Morgan fingerprint density at radius 1 is 1.00 bits per heavy atom. The predicted molar refractivity (Wildman–Crippen MR) is 82.0 cm³/mol. The molecule has 3 rings (SSSR count). The molecule has 104 valence electrons. The van der Waals surface area contributed by atoms with Crippen LogP contribution in [0, 0.1) is 6.92 Å². The maximum Gasteiger partial charge on any atom is 0.129 e. The van der Waals surface area contributed by atoms with E-state index in [1.165, 1.54) is 0 Å². The number of piperazine rings is 1. The molecule has 1 saturated heterocycles. The van der Waals surface area contributed by atoms with Gasteiger partial charge in [0.25, 0.3) is 0 Å². The highest BCUT2D eigenvalue weighted by molar-refractivity contribution is 5.53. The van der Waals surface area contributed by atoms with Crippen LogP contribution in [0.1, 0.15) is 5.56 Å². The SMILES string of the molecule is Cc1cc(N2CCN(c3ccccn3)CC2)ncc1N. The average Bonchev–Trinajstić information content (AvgIpc) is 2.51. The van der Waals surface area contributed by atoms with Gasteiger partial charge in [0.1, 0.15) is 11.6 Å². The average molecular weight is 269 g/mol. The highest BCUT2D eigenvalue weighted by Crippen LogP contribution is 2.20. The topological polar surface area (TPSA) is 58.3 Å². The summed E-state index contributed by atoms with van der Waals surface area (Å²) < 4.78 is 0. The number of nitrogen functional groups attached to an aromatic ring is 1. The van der Waals surface area contributed by atoms with Gasteiger partial charge >= 0.3 is 0 Å². The molecule has 0 aromatic carbocycles. The maximum atomic E-state index is 5.82. The second-order valence-corrected chi connectivity index (χ2v) is 5.06. The minimum atomic E-state index is 0.751. The van der Waals surface area contributed by atoms with Crippen LogP contribution in [0.25, 0.3) is 0 Å². The molecule has 0 bridgehead atoms. The van der Waals surface area contributed by atoms with E-state index in [9.17, 15) is 0 Å². The maximum absolute atomic E-state index is 5.82. The van der Waals surface area contributed by atoms with Crippen molar-refractivity contribution in [3.8, 4) is 0 Å². The number of pyridine rings is 2. The van der Waals surface area contributed by atoms with Gasteiger partial charge in [-0.25, -0.2) is 9.97 Å². The van der Waals surface area contributed by atoms with E-state index in [0.717, 1.165) is 49.1 Å². The molecule has 1 aliphatic rings. The molecule has 2 aromatic heterocycles. The van der Waals surface area contributed by atoms with Crippen molar-refractivity contribution in [2.75, 3.05) is 41.7 Å². The van der Waals surface area contributed by atoms with Gasteiger partial charge in [0, 0.05) is 32.4 Å². The van der Waals surface area contributed by atoms with E-state index in [2.05, 4.69) is 31.9 Å². The minimum Gasteiger partial charge on any atom is -0.397 e. The summed E-state index contributed by atoms with van der Waals surface area (Å²) in [5, 5.41) is 0. The van der Waals surface area contributed by atoms with Gasteiger partial charge in [0.2, 0.25) is 0 Å². The van der Waals surface area contributed by atoms with Gasteiger partial charge < -0.3 is 15.5 Å². The van der Waals surface area contributed by atoms with Crippen molar-refractivity contribution >= 4 is 17.3 Å². The Hall–Kier alpha value is -2.30. The van der Waals surface area contributed by atoms with Crippen LogP contribution in [0.3, 0.4) is 0 Å². The molecule has 1 fully saturated rings. The number of hydrogen-bond donors (Lipinski definition) is 1. The third kappa shape index (κ3) is 2.52. The van der Waals surface area contributed by atoms with E-state index in [-0.39, 0.29) is 0 Å². The molecule has 0 atom stereocenters. The van der Waals surface area contributed by atoms with Gasteiger partial charge in [-0.2, -0.15) is 0 Å². The largest absolute Gasteiger partial charge is 0.397 e. The molecule has 2 N–H and O–H groups in total. The lowest BCUT2D eigenvalue weighted by Gasteiger charge is -2.36. The molecular weight excluding hydrogens is 250 g/mol. The number of rotatable bonds is 2. The van der Waals surface area contributed by atoms with Crippen LogP contribution in [0.4, 0.5) is 17.3 Å². The van der Waals surface area contributed by atoms with Crippen LogP contribution >= 0.6 is 0 Å². The van der Waals surface area contributed by atoms with Gasteiger partial charge in [0.05, 0.1) is 11.9 Å². The highest BCUT2D eigenvalue weighted by Gasteiger charge is 2.19. The van der Waals surface area contributed by atoms with Crippen molar-refractivity contribution in [3.05, 3.63) is 42.2 Å². The summed E-state index contributed by atoms with van der Waals surface area (Å²) >= 11 is 0. The third-order valence-corrected chi connectivity index (χ3v) is 3.71. The van der Waals surface area contributed by atoms with E-state index in [1.54, 1.807) is 6.20 Å². The lowest BCUT2D eigenvalue weighted by atomic mass is 10.2. The Morgan fingerprint density at radius 2 is 1.70 bits per heavy atom. The fourth-order valence-electron chi connectivity index (χ4n) is 2.43. The molecular formula is C15H19N5. The standard InChI is InChI=1S/C15H19N5/c1-12-10-15(18-11-13(12)16)20-8-6-19(7-9-20)14-4-2-3-5-17-14/h2-5,10-11H,6-9,16H2,1H3. The monoisotopic (exact) mass is 269 g/mol. The number of aromatic nitrogens is 2. The molecule has 0 spiro atoms. The van der Waals surface area contributed by atoms with E-state index in [0.29, 0.717) is 0 Å². The zero-order valence-corrected chi connectivity index (χ0v) is 11.7. The molecule has 1 aliphatic heterocycles. The van der Waals surface area contributed by atoms with Gasteiger partial charge in [-0.1, -0.05) is 6.07 Å². The summed E-state index contributed by atoms with van der Waals surface area (Å²) in [5.74, 6) is 2.06. The lowest BCUT2D eigenvalue weighted by molar-refractivity contribution is 0.641. The van der Waals surface area contributed by atoms with Gasteiger partial charge in [-0.15, -0.1) is 0 Å². The van der Waals surface area contributed by atoms with Crippen LogP contribution < -0.4 is 15.5 Å². The summed E-state index contributed by atoms with van der Waals surface area (Å²) in [6.45, 7) is 5.84. The van der Waals surface area contributed by atoms with Crippen LogP contribution in [0.2, 0.25) is 0 Å². The van der Waals surface area contributed by atoms with Gasteiger partial charge in [-0.05, 0) is 30.7 Å². The molecule has 0 aliphatic carbocycles. The molecule has 0 amide bonds. The minimum absolute atomic E-state index is 0.751. The fraction of sp³-hybridized carbons (Fsp3) is 0.333. The van der Waals surface area contributed by atoms with Gasteiger partial charge in [-0.3, -0.25) is 0 Å². The van der Waals surface area contributed by atoms with Crippen molar-refractivity contribution in [1.82, 2.24) is 9.97 Å². The molecule has 5 nitrogen and oxygen atoms in total. The first-order chi connectivity index (χ1) is 9.74. The number of hydrogen-bond acceptors (Lipinski definition) is 5. The normalized spacial score (nSPS) is 15.4. The predicted octanol–water partition coefficient (Wildman–Crippen LogP) is 1.69. The zero-order valence-electron chi connectivity index (χ0n) is 11.7. The Morgan fingerprint density at radius 3 is 2.30 bits per heavy atom. The third-order valence-electron chi connectivity index (χ3n) is 3.71. The van der Waals surface area contributed by atoms with Gasteiger partial charge in [0.15, 0.2) is 0 Å². The van der Waals surface area contributed by atoms with Crippen LogP contribution in [-0.2, 0) is 0 Å². The van der Waals surface area contributed by atoms with Crippen LogP contribution in [-0.4, -0.2) is 36.1 Å². The number of anilines is 3. The van der Waals surface area contributed by atoms with Crippen molar-refractivity contribution < 1.29 is 0 Å². The molecule has 20 heavy (non-hydrogen) atoms. The van der Waals surface area contributed by atoms with E-state index in [1.807, 2.05) is 25.3 Å². The Kier molecular flexibility index (Phi) is 3.41. The summed E-state index contributed by atoms with van der Waals surface area (Å²) in [4.78, 5) is 13.4. The molecule has 2 aromatic rings. The van der Waals surface area contributed by atoms with Crippen LogP contribution in [0.15, 0.2) is 36.7 Å². The first-order valence-electron chi connectivity index (χ1n) is 6.87. The molecule has 0 radical (unpaired) electrons. The van der Waals surface area contributed by atoms with E-state index < -0.39 is 0 Å². The lowest BCUT2D eigenvalue weighted by Crippen LogP contribution is -2.47.